The number of halogens is 2. The fourth-order valence-electron chi connectivity index (χ4n) is 2.38. The van der Waals surface area contributed by atoms with E-state index in [4.69, 9.17) is 23.2 Å². The molecule has 25 heavy (non-hydrogen) atoms. The molecule has 0 bridgehead atoms. The number of imide groups is 1. The molecule has 1 aliphatic heterocycles. The molecule has 10 heteroatoms. The quantitative estimate of drug-likeness (QED) is 0.798. The number of fused-ring (bicyclic) bond motifs is 1. The molecule has 0 radical (unpaired) electrons. The standard InChI is InChI=1S/C15H12Cl2N4O3S/c1-3-11-19-20-15(25-11)18-12(22)6(2)21-13(23)7-4-9(16)10(17)5-8(7)14(21)24/h4-6H,3H2,1-2H3,(H,18,20,22). The van der Waals surface area contributed by atoms with Gasteiger partial charge in [-0.2, -0.15) is 0 Å². The number of anilines is 1. The molecule has 0 saturated heterocycles. The van der Waals surface area contributed by atoms with Crippen molar-refractivity contribution >= 4 is 57.4 Å². The SMILES string of the molecule is CCc1nnc(NC(=O)C(C)N2C(=O)c3cc(Cl)c(Cl)cc3C2=O)s1. The van der Waals surface area contributed by atoms with Crippen molar-refractivity contribution in [1.29, 1.82) is 0 Å². The highest BCUT2D eigenvalue weighted by Crippen LogP contribution is 2.32. The highest BCUT2D eigenvalue weighted by Gasteiger charge is 2.41. The number of carbonyl (C=O) groups is 3. The molecular weight excluding hydrogens is 387 g/mol. The summed E-state index contributed by atoms with van der Waals surface area (Å²) < 4.78 is 0. The highest BCUT2D eigenvalue weighted by atomic mass is 35.5. The van der Waals surface area contributed by atoms with E-state index in [0.29, 0.717) is 11.6 Å². The van der Waals surface area contributed by atoms with E-state index in [1.165, 1.54) is 30.4 Å². The predicted molar refractivity (Wildman–Crippen MR) is 94.3 cm³/mol. The fraction of sp³-hybridized carbons (Fsp3) is 0.267. The summed E-state index contributed by atoms with van der Waals surface area (Å²) in [6.07, 6.45) is 0.697. The topological polar surface area (TPSA) is 92.3 Å². The Kier molecular flexibility index (Phi) is 4.77. The van der Waals surface area contributed by atoms with Crippen molar-refractivity contribution in [2.75, 3.05) is 5.32 Å². The minimum Gasteiger partial charge on any atom is -0.299 e. The molecule has 2 aromatic rings. The first-order valence-electron chi connectivity index (χ1n) is 7.33. The third-order valence-corrected chi connectivity index (χ3v) is 5.43. The minimum atomic E-state index is -1.03. The first-order valence-corrected chi connectivity index (χ1v) is 8.91. The molecule has 0 fully saturated rings. The number of aryl methyl sites for hydroxylation is 1. The van der Waals surface area contributed by atoms with Crippen LogP contribution in [-0.2, 0) is 11.2 Å². The number of hydrogen-bond acceptors (Lipinski definition) is 6. The average molecular weight is 399 g/mol. The molecule has 1 unspecified atom stereocenters. The summed E-state index contributed by atoms with van der Waals surface area (Å²) in [5.74, 6) is -1.72. The Bertz CT molecular complexity index is 858. The van der Waals surface area contributed by atoms with Gasteiger partial charge in [-0.3, -0.25) is 24.6 Å². The summed E-state index contributed by atoms with van der Waals surface area (Å²) in [7, 11) is 0. The number of carbonyl (C=O) groups excluding carboxylic acids is 3. The highest BCUT2D eigenvalue weighted by molar-refractivity contribution is 7.15. The zero-order valence-corrected chi connectivity index (χ0v) is 15.5. The van der Waals surface area contributed by atoms with Gasteiger partial charge in [0.2, 0.25) is 11.0 Å². The maximum Gasteiger partial charge on any atom is 0.262 e. The number of nitrogens with one attached hydrogen (secondary N) is 1. The summed E-state index contributed by atoms with van der Waals surface area (Å²) >= 11 is 13.1. The maximum atomic E-state index is 12.5. The van der Waals surface area contributed by atoms with E-state index in [1.807, 2.05) is 6.92 Å². The largest absolute Gasteiger partial charge is 0.299 e. The maximum absolute atomic E-state index is 12.5. The molecule has 1 aromatic carbocycles. The van der Waals surface area contributed by atoms with E-state index in [-0.39, 0.29) is 21.2 Å². The van der Waals surface area contributed by atoms with Crippen LogP contribution in [0.1, 0.15) is 39.6 Å². The number of benzene rings is 1. The van der Waals surface area contributed by atoms with Crippen molar-refractivity contribution in [3.05, 3.63) is 38.3 Å². The Labute approximate surface area is 156 Å². The Balaban J connectivity index is 1.82. The summed E-state index contributed by atoms with van der Waals surface area (Å²) in [6, 6.07) is 1.64. The van der Waals surface area contributed by atoms with E-state index in [2.05, 4.69) is 15.5 Å². The van der Waals surface area contributed by atoms with Crippen LogP contribution in [0.25, 0.3) is 0 Å². The van der Waals surface area contributed by atoms with Gasteiger partial charge in [0, 0.05) is 0 Å². The van der Waals surface area contributed by atoms with Crippen LogP contribution < -0.4 is 5.32 Å². The molecule has 0 aliphatic carbocycles. The lowest BCUT2D eigenvalue weighted by Crippen LogP contribution is -2.45. The smallest absolute Gasteiger partial charge is 0.262 e. The lowest BCUT2D eigenvalue weighted by atomic mass is 10.1. The van der Waals surface area contributed by atoms with Crippen molar-refractivity contribution < 1.29 is 14.4 Å². The molecule has 0 spiro atoms. The van der Waals surface area contributed by atoms with Crippen LogP contribution in [-0.4, -0.2) is 38.9 Å². The van der Waals surface area contributed by atoms with Crippen molar-refractivity contribution in [3.8, 4) is 0 Å². The van der Waals surface area contributed by atoms with Crippen LogP contribution in [0.2, 0.25) is 10.0 Å². The van der Waals surface area contributed by atoms with Gasteiger partial charge in [-0.1, -0.05) is 41.5 Å². The second-order valence-corrected chi connectivity index (χ2v) is 7.19. The average Bonchev–Trinajstić information content (AvgIpc) is 3.12. The molecule has 1 N–H and O–H groups in total. The molecule has 130 valence electrons. The minimum absolute atomic E-state index is 0.128. The first-order chi connectivity index (χ1) is 11.8. The molecule has 2 heterocycles. The molecular formula is C15H12Cl2N4O3S. The van der Waals surface area contributed by atoms with Crippen molar-refractivity contribution in [1.82, 2.24) is 15.1 Å². The Morgan fingerprint density at radius 3 is 2.24 bits per heavy atom. The van der Waals surface area contributed by atoms with E-state index in [1.54, 1.807) is 0 Å². The first kappa shape index (κ1) is 17.8. The number of hydrogen-bond donors (Lipinski definition) is 1. The third kappa shape index (κ3) is 3.12. The van der Waals surface area contributed by atoms with Gasteiger partial charge in [-0.05, 0) is 25.5 Å². The Morgan fingerprint density at radius 1 is 1.20 bits per heavy atom. The van der Waals surface area contributed by atoms with Crippen LogP contribution in [0.15, 0.2) is 12.1 Å². The van der Waals surface area contributed by atoms with Crippen molar-refractivity contribution in [3.63, 3.8) is 0 Å². The van der Waals surface area contributed by atoms with Crippen LogP contribution >= 0.6 is 34.5 Å². The molecule has 7 nitrogen and oxygen atoms in total. The van der Waals surface area contributed by atoms with Gasteiger partial charge in [0.05, 0.1) is 21.2 Å². The lowest BCUT2D eigenvalue weighted by Gasteiger charge is -2.20. The number of nitrogens with zero attached hydrogens (tertiary/aromatic N) is 3. The monoisotopic (exact) mass is 398 g/mol. The summed E-state index contributed by atoms with van der Waals surface area (Å²) in [5, 5.41) is 11.7. The van der Waals surface area contributed by atoms with Crippen LogP contribution in [0.3, 0.4) is 0 Å². The Hall–Kier alpha value is -2.03. The van der Waals surface area contributed by atoms with Gasteiger partial charge in [0.1, 0.15) is 11.0 Å². The second kappa shape index (κ2) is 6.70. The zero-order valence-electron chi connectivity index (χ0n) is 13.2. The van der Waals surface area contributed by atoms with Gasteiger partial charge in [0.15, 0.2) is 0 Å². The predicted octanol–water partition coefficient (Wildman–Crippen LogP) is 3.03. The molecule has 1 atom stereocenters. The zero-order chi connectivity index (χ0) is 18.3. The summed E-state index contributed by atoms with van der Waals surface area (Å²) in [5.41, 5.74) is 0.256. The second-order valence-electron chi connectivity index (χ2n) is 5.31. The van der Waals surface area contributed by atoms with Crippen molar-refractivity contribution in [2.45, 2.75) is 26.3 Å². The van der Waals surface area contributed by atoms with Crippen LogP contribution in [0, 0.1) is 0 Å². The van der Waals surface area contributed by atoms with Crippen molar-refractivity contribution in [2.24, 2.45) is 0 Å². The van der Waals surface area contributed by atoms with E-state index in [0.717, 1.165) is 9.91 Å². The Morgan fingerprint density at radius 2 is 1.76 bits per heavy atom. The van der Waals surface area contributed by atoms with E-state index < -0.39 is 23.8 Å². The molecule has 3 rings (SSSR count). The van der Waals surface area contributed by atoms with E-state index in [9.17, 15) is 14.4 Å². The molecule has 0 saturated carbocycles. The normalized spacial score (nSPS) is 14.6. The lowest BCUT2D eigenvalue weighted by molar-refractivity contribution is -0.119. The third-order valence-electron chi connectivity index (χ3n) is 3.73. The van der Waals surface area contributed by atoms with E-state index >= 15 is 0 Å². The number of amides is 3. The number of rotatable bonds is 4. The molecule has 1 aromatic heterocycles. The van der Waals surface area contributed by atoms with Gasteiger partial charge in [0.25, 0.3) is 11.8 Å². The summed E-state index contributed by atoms with van der Waals surface area (Å²) in [4.78, 5) is 38.3. The number of aromatic nitrogens is 2. The van der Waals surface area contributed by atoms with Crippen LogP contribution in [0.5, 0.6) is 0 Å². The van der Waals surface area contributed by atoms with Crippen LogP contribution in [0.4, 0.5) is 5.13 Å². The summed E-state index contributed by atoms with van der Waals surface area (Å²) in [6.45, 7) is 3.38. The molecule has 3 amide bonds. The van der Waals surface area contributed by atoms with Gasteiger partial charge >= 0.3 is 0 Å². The van der Waals surface area contributed by atoms with Gasteiger partial charge < -0.3 is 0 Å². The fourth-order valence-corrected chi connectivity index (χ4v) is 3.39. The molecule has 1 aliphatic rings. The van der Waals surface area contributed by atoms with Gasteiger partial charge in [-0.25, -0.2) is 0 Å². The van der Waals surface area contributed by atoms with Gasteiger partial charge in [-0.15, -0.1) is 10.2 Å².